The molecule has 1 N–H and O–H groups in total. The van der Waals surface area contributed by atoms with Crippen molar-refractivity contribution in [3.63, 3.8) is 0 Å². The molecule has 0 spiro atoms. The number of hydrogen-bond donors (Lipinski definition) is 1. The second kappa shape index (κ2) is 4.45. The lowest BCUT2D eigenvalue weighted by atomic mass is 9.87. The van der Waals surface area contributed by atoms with E-state index in [2.05, 4.69) is 33.0 Å². The first-order chi connectivity index (χ1) is 6.06. The van der Waals surface area contributed by atoms with Crippen molar-refractivity contribution >= 4 is 0 Å². The molecule has 0 saturated heterocycles. The molecule has 0 bridgehead atoms. The second-order valence-corrected chi connectivity index (χ2v) is 5.36. The Hall–Kier alpha value is -0.0400. The maximum atomic E-state index is 3.72. The summed E-state index contributed by atoms with van der Waals surface area (Å²) in [6.45, 7) is 10.6. The summed E-state index contributed by atoms with van der Waals surface area (Å²) in [7, 11) is 0. The molecule has 0 aromatic heterocycles. The van der Waals surface area contributed by atoms with E-state index >= 15 is 0 Å². The van der Waals surface area contributed by atoms with Gasteiger partial charge in [-0.15, -0.1) is 0 Å². The van der Waals surface area contributed by atoms with Gasteiger partial charge in [0.15, 0.2) is 0 Å². The summed E-state index contributed by atoms with van der Waals surface area (Å²) in [4.78, 5) is 0. The third-order valence-electron chi connectivity index (χ3n) is 3.67. The molecule has 1 saturated carbocycles. The molecule has 0 aromatic rings. The van der Waals surface area contributed by atoms with Gasteiger partial charge in [0.25, 0.3) is 0 Å². The largest absolute Gasteiger partial charge is 0.313 e. The van der Waals surface area contributed by atoms with Crippen LogP contribution in [-0.2, 0) is 0 Å². The van der Waals surface area contributed by atoms with Crippen LogP contribution in [0.4, 0.5) is 0 Å². The van der Waals surface area contributed by atoms with Crippen LogP contribution in [0.25, 0.3) is 0 Å². The average molecular weight is 183 g/mol. The van der Waals surface area contributed by atoms with Crippen molar-refractivity contribution in [2.45, 2.75) is 59.4 Å². The van der Waals surface area contributed by atoms with Crippen molar-refractivity contribution in [1.29, 1.82) is 0 Å². The molecule has 1 fully saturated rings. The predicted octanol–water partition coefficient (Wildman–Crippen LogP) is 3.20. The topological polar surface area (TPSA) is 12.0 Å². The van der Waals surface area contributed by atoms with Gasteiger partial charge in [0.2, 0.25) is 0 Å². The second-order valence-electron chi connectivity index (χ2n) is 5.36. The molecular formula is C12H25N. The molecule has 1 rings (SSSR count). The van der Waals surface area contributed by atoms with Crippen LogP contribution in [0.1, 0.15) is 53.4 Å². The molecular weight excluding hydrogens is 158 g/mol. The minimum Gasteiger partial charge on any atom is -0.313 e. The smallest absolute Gasteiger partial charge is 0.0118 e. The molecule has 13 heavy (non-hydrogen) atoms. The number of hydrogen-bond acceptors (Lipinski definition) is 1. The van der Waals surface area contributed by atoms with Crippen LogP contribution in [0.5, 0.6) is 0 Å². The highest BCUT2D eigenvalue weighted by molar-refractivity contribution is 4.90. The summed E-state index contributed by atoms with van der Waals surface area (Å²) < 4.78 is 0. The van der Waals surface area contributed by atoms with Gasteiger partial charge in [-0.3, -0.25) is 0 Å². The van der Waals surface area contributed by atoms with E-state index in [9.17, 15) is 0 Å². The van der Waals surface area contributed by atoms with Gasteiger partial charge in [-0.25, -0.2) is 0 Å². The van der Waals surface area contributed by atoms with Crippen LogP contribution >= 0.6 is 0 Å². The summed E-state index contributed by atoms with van der Waals surface area (Å²) in [5.41, 5.74) is 0.535. The molecule has 2 atom stereocenters. The molecule has 78 valence electrons. The Morgan fingerprint density at radius 3 is 2.62 bits per heavy atom. The van der Waals surface area contributed by atoms with Crippen LogP contribution in [0.15, 0.2) is 0 Å². The summed E-state index contributed by atoms with van der Waals surface area (Å²) in [5, 5.41) is 3.72. The van der Waals surface area contributed by atoms with Crippen molar-refractivity contribution in [2.24, 2.45) is 11.3 Å². The molecule has 0 aromatic carbocycles. The molecule has 1 aliphatic rings. The van der Waals surface area contributed by atoms with Crippen molar-refractivity contribution in [3.05, 3.63) is 0 Å². The normalized spacial score (nSPS) is 29.1. The van der Waals surface area contributed by atoms with Crippen molar-refractivity contribution < 1.29 is 0 Å². The van der Waals surface area contributed by atoms with Crippen molar-refractivity contribution in [2.75, 3.05) is 6.54 Å². The van der Waals surface area contributed by atoms with Gasteiger partial charge in [-0.05, 0) is 30.7 Å². The first kappa shape index (κ1) is 11.0. The van der Waals surface area contributed by atoms with Crippen LogP contribution < -0.4 is 5.32 Å². The molecule has 1 heteroatoms. The first-order valence-electron chi connectivity index (χ1n) is 5.79. The lowest BCUT2D eigenvalue weighted by Crippen LogP contribution is -2.39. The lowest BCUT2D eigenvalue weighted by molar-refractivity contribution is 0.272. The maximum absolute atomic E-state index is 3.72. The highest BCUT2D eigenvalue weighted by atomic mass is 14.9. The van der Waals surface area contributed by atoms with E-state index in [0.717, 1.165) is 12.0 Å². The van der Waals surface area contributed by atoms with Gasteiger partial charge in [0.05, 0.1) is 0 Å². The van der Waals surface area contributed by atoms with Gasteiger partial charge < -0.3 is 5.32 Å². The minimum atomic E-state index is 0.535. The highest BCUT2D eigenvalue weighted by Crippen LogP contribution is 2.37. The van der Waals surface area contributed by atoms with Gasteiger partial charge in [-0.2, -0.15) is 0 Å². The molecule has 0 heterocycles. The van der Waals surface area contributed by atoms with Crippen LogP contribution in [0.2, 0.25) is 0 Å². The van der Waals surface area contributed by atoms with E-state index in [1.165, 1.54) is 32.2 Å². The van der Waals surface area contributed by atoms with E-state index in [1.807, 2.05) is 0 Å². The highest BCUT2D eigenvalue weighted by Gasteiger charge is 2.33. The Kier molecular flexibility index (Phi) is 3.78. The van der Waals surface area contributed by atoms with Crippen LogP contribution in [0, 0.1) is 11.3 Å². The van der Waals surface area contributed by atoms with Gasteiger partial charge in [0, 0.05) is 6.04 Å². The standard InChI is InChI=1S/C12H25N/c1-5-10(2)9-13-11-7-6-8-12(11,3)4/h10-11,13H,5-9H2,1-4H3. The molecule has 0 aliphatic heterocycles. The van der Waals surface area contributed by atoms with Crippen molar-refractivity contribution in [1.82, 2.24) is 5.32 Å². The van der Waals surface area contributed by atoms with Crippen LogP contribution in [0.3, 0.4) is 0 Å². The average Bonchev–Trinajstić information content (AvgIpc) is 2.41. The van der Waals surface area contributed by atoms with E-state index in [-0.39, 0.29) is 0 Å². The summed E-state index contributed by atoms with van der Waals surface area (Å²) in [6.07, 6.45) is 5.47. The third-order valence-corrected chi connectivity index (χ3v) is 3.67. The molecule has 0 amide bonds. The van der Waals surface area contributed by atoms with Gasteiger partial charge in [0.1, 0.15) is 0 Å². The predicted molar refractivity (Wildman–Crippen MR) is 58.9 cm³/mol. The summed E-state index contributed by atoms with van der Waals surface area (Å²) >= 11 is 0. The Balaban J connectivity index is 2.28. The fraction of sp³-hybridized carbons (Fsp3) is 1.00. The quantitative estimate of drug-likeness (QED) is 0.706. The minimum absolute atomic E-state index is 0.535. The summed E-state index contributed by atoms with van der Waals surface area (Å²) in [5.74, 6) is 0.830. The van der Waals surface area contributed by atoms with E-state index in [1.54, 1.807) is 0 Å². The first-order valence-corrected chi connectivity index (χ1v) is 5.79. The Labute approximate surface area is 83.3 Å². The maximum Gasteiger partial charge on any atom is 0.0118 e. The lowest BCUT2D eigenvalue weighted by Gasteiger charge is -2.29. The summed E-state index contributed by atoms with van der Waals surface area (Å²) in [6, 6.07) is 0.765. The fourth-order valence-corrected chi connectivity index (χ4v) is 2.19. The fourth-order valence-electron chi connectivity index (χ4n) is 2.19. The monoisotopic (exact) mass is 183 g/mol. The van der Waals surface area contributed by atoms with Gasteiger partial charge >= 0.3 is 0 Å². The molecule has 2 unspecified atom stereocenters. The SMILES string of the molecule is CCC(C)CNC1CCCC1(C)C. The molecule has 1 nitrogen and oxygen atoms in total. The third kappa shape index (κ3) is 2.98. The zero-order chi connectivity index (χ0) is 9.90. The van der Waals surface area contributed by atoms with E-state index in [0.29, 0.717) is 5.41 Å². The molecule has 1 aliphatic carbocycles. The Morgan fingerprint density at radius 2 is 2.15 bits per heavy atom. The van der Waals surface area contributed by atoms with Crippen molar-refractivity contribution in [3.8, 4) is 0 Å². The number of nitrogens with one attached hydrogen (secondary N) is 1. The van der Waals surface area contributed by atoms with E-state index in [4.69, 9.17) is 0 Å². The Morgan fingerprint density at radius 1 is 1.46 bits per heavy atom. The molecule has 0 radical (unpaired) electrons. The van der Waals surface area contributed by atoms with Crippen LogP contribution in [-0.4, -0.2) is 12.6 Å². The zero-order valence-electron chi connectivity index (χ0n) is 9.69. The van der Waals surface area contributed by atoms with Gasteiger partial charge in [-0.1, -0.05) is 40.5 Å². The van der Waals surface area contributed by atoms with E-state index < -0.39 is 0 Å². The zero-order valence-corrected chi connectivity index (χ0v) is 9.69. The Bertz CT molecular complexity index is 151. The number of rotatable bonds is 4.